The molecule has 0 radical (unpaired) electrons. The monoisotopic (exact) mass is 849 g/mol. The van der Waals surface area contributed by atoms with Crippen molar-refractivity contribution in [2.75, 3.05) is 16.0 Å². The topological polar surface area (TPSA) is 248 Å². The average molecular weight is 850 g/mol. The molecule has 0 aliphatic heterocycles. The SMILES string of the molecule is C/C(=C\c1ccc(O)cc1)C(=O)Cc1ccc(C(=O)C[C@@H](Cc2cnc[nH]2)C(=O)Nc2ccc(C(=O)Nc3ccc(C(=O)Nc4ccc(C(=O)O)c(O)c4C)c(O)c3C)cc2)cc1. The van der Waals surface area contributed by atoms with Crippen LogP contribution in [-0.4, -0.2) is 65.7 Å². The number of amides is 3. The van der Waals surface area contributed by atoms with Crippen LogP contribution >= 0.6 is 0 Å². The molecule has 3 amide bonds. The van der Waals surface area contributed by atoms with Crippen LogP contribution in [0.4, 0.5) is 17.1 Å². The van der Waals surface area contributed by atoms with Crippen LogP contribution in [0.5, 0.6) is 17.2 Å². The third kappa shape index (κ3) is 10.9. The second-order valence-electron chi connectivity index (χ2n) is 14.9. The number of carboxylic acids is 1. The fourth-order valence-corrected chi connectivity index (χ4v) is 6.66. The number of phenolic OH excluding ortho intramolecular Hbond substituents is 2. The van der Waals surface area contributed by atoms with Gasteiger partial charge in [0, 0.05) is 70.5 Å². The van der Waals surface area contributed by atoms with E-state index in [1.54, 1.807) is 67.7 Å². The number of nitrogens with one attached hydrogen (secondary N) is 4. The van der Waals surface area contributed by atoms with Crippen molar-refractivity contribution in [1.82, 2.24) is 9.97 Å². The third-order valence-corrected chi connectivity index (χ3v) is 10.4. The Morgan fingerprint density at radius 1 is 0.698 bits per heavy atom. The number of hydrogen-bond acceptors (Lipinski definition) is 10. The van der Waals surface area contributed by atoms with E-state index in [0.717, 1.165) is 11.6 Å². The van der Waals surface area contributed by atoms with Gasteiger partial charge in [-0.25, -0.2) is 9.78 Å². The number of aromatic carboxylic acids is 1. The number of aromatic amines is 1. The predicted molar refractivity (Wildman–Crippen MR) is 235 cm³/mol. The van der Waals surface area contributed by atoms with Gasteiger partial charge in [0.1, 0.15) is 22.8 Å². The van der Waals surface area contributed by atoms with E-state index in [2.05, 4.69) is 25.9 Å². The number of carbonyl (C=O) groups excluding carboxylic acids is 5. The number of carboxylic acid groups (broad SMARTS) is 1. The molecule has 320 valence electrons. The first-order valence-corrected chi connectivity index (χ1v) is 19.6. The molecule has 0 aliphatic rings. The summed E-state index contributed by atoms with van der Waals surface area (Å²) in [5.41, 5.74) is 3.85. The van der Waals surface area contributed by atoms with Crippen LogP contribution in [0.15, 0.2) is 115 Å². The second kappa shape index (κ2) is 19.4. The second-order valence-corrected chi connectivity index (χ2v) is 14.9. The van der Waals surface area contributed by atoms with Crippen molar-refractivity contribution in [3.05, 3.63) is 165 Å². The van der Waals surface area contributed by atoms with Crippen LogP contribution in [-0.2, 0) is 22.4 Å². The molecule has 0 saturated heterocycles. The molecule has 15 heteroatoms. The van der Waals surface area contributed by atoms with Crippen molar-refractivity contribution in [2.24, 2.45) is 5.92 Å². The quantitative estimate of drug-likeness (QED) is 0.0347. The van der Waals surface area contributed by atoms with Gasteiger partial charge in [-0.05, 0) is 104 Å². The molecule has 63 heavy (non-hydrogen) atoms. The molecular formula is C48H43N5O10. The number of rotatable bonds is 16. The van der Waals surface area contributed by atoms with Crippen LogP contribution in [0.25, 0.3) is 6.08 Å². The molecule has 1 atom stereocenters. The number of anilines is 3. The molecule has 1 aromatic heterocycles. The van der Waals surface area contributed by atoms with Crippen LogP contribution < -0.4 is 16.0 Å². The largest absolute Gasteiger partial charge is 0.508 e. The summed E-state index contributed by atoms with van der Waals surface area (Å²) in [6.07, 6.45) is 4.97. The molecule has 6 aromatic rings. The van der Waals surface area contributed by atoms with Gasteiger partial charge >= 0.3 is 5.97 Å². The van der Waals surface area contributed by atoms with E-state index >= 15 is 0 Å². The maximum Gasteiger partial charge on any atom is 0.339 e. The summed E-state index contributed by atoms with van der Waals surface area (Å²) in [7, 11) is 0. The first kappa shape index (κ1) is 44.2. The standard InChI is InChI=1S/C48H43N5O10/c1-26(20-29-6-14-36(54)15-7-29)41(55)21-30-4-8-31(9-5-30)42(56)23-33(22-35-24-49-25-50-35)46(60)51-34-12-10-32(11-13-34)45(59)52-39-18-16-37(43(57)27(39)2)47(61)53-40-19-17-38(48(62)63)44(58)28(40)3/h4-20,24-25,33,54,57-58H,21-23H2,1-3H3,(H,49,50)(H,51,60)(H,52,59)(H,53,61)(H,62,63)/b26-20+/t33-/m1/s1. The van der Waals surface area contributed by atoms with Crippen molar-refractivity contribution >= 4 is 58.4 Å². The van der Waals surface area contributed by atoms with E-state index in [-0.39, 0.29) is 75.8 Å². The number of nitrogens with zero attached hydrogens (tertiary/aromatic N) is 1. The fraction of sp³-hybridized carbons (Fsp3) is 0.146. The Labute approximate surface area is 361 Å². The van der Waals surface area contributed by atoms with Crippen molar-refractivity contribution in [1.29, 1.82) is 0 Å². The highest BCUT2D eigenvalue weighted by molar-refractivity contribution is 6.09. The normalized spacial score (nSPS) is 11.6. The molecule has 15 nitrogen and oxygen atoms in total. The number of imidazole rings is 1. The lowest BCUT2D eigenvalue weighted by Crippen LogP contribution is -2.27. The van der Waals surface area contributed by atoms with Gasteiger partial charge in [0.2, 0.25) is 5.91 Å². The van der Waals surface area contributed by atoms with Gasteiger partial charge in [-0.1, -0.05) is 36.4 Å². The Bertz CT molecular complexity index is 2740. The van der Waals surface area contributed by atoms with Gasteiger partial charge in [-0.3, -0.25) is 24.0 Å². The summed E-state index contributed by atoms with van der Waals surface area (Å²) in [6, 6.07) is 24.4. The third-order valence-electron chi connectivity index (χ3n) is 10.4. The molecular weight excluding hydrogens is 807 g/mol. The number of Topliss-reactive ketones (excluding diaryl/α,β-unsaturated/α-hetero) is 2. The molecule has 0 unspecified atom stereocenters. The van der Waals surface area contributed by atoms with Gasteiger partial charge in [0.15, 0.2) is 11.6 Å². The molecule has 0 spiro atoms. The summed E-state index contributed by atoms with van der Waals surface area (Å²) in [6.45, 7) is 4.66. The zero-order valence-electron chi connectivity index (χ0n) is 34.4. The number of benzene rings is 5. The van der Waals surface area contributed by atoms with Crippen LogP contribution in [0.2, 0.25) is 0 Å². The lowest BCUT2D eigenvalue weighted by atomic mass is 9.92. The maximum absolute atomic E-state index is 13.7. The highest BCUT2D eigenvalue weighted by Crippen LogP contribution is 2.33. The van der Waals surface area contributed by atoms with E-state index in [9.17, 15) is 49.2 Å². The summed E-state index contributed by atoms with van der Waals surface area (Å²) >= 11 is 0. The lowest BCUT2D eigenvalue weighted by Gasteiger charge is -2.16. The Morgan fingerprint density at radius 2 is 1.29 bits per heavy atom. The summed E-state index contributed by atoms with van der Waals surface area (Å²) in [5.74, 6) is -5.01. The highest BCUT2D eigenvalue weighted by Gasteiger charge is 2.25. The highest BCUT2D eigenvalue weighted by atomic mass is 16.4. The van der Waals surface area contributed by atoms with Crippen molar-refractivity contribution in [3.8, 4) is 17.2 Å². The Morgan fingerprint density at radius 3 is 1.89 bits per heavy atom. The van der Waals surface area contributed by atoms with Gasteiger partial charge in [0.25, 0.3) is 11.8 Å². The van der Waals surface area contributed by atoms with Gasteiger partial charge in [-0.15, -0.1) is 0 Å². The minimum absolute atomic E-state index is 0.0959. The Kier molecular flexibility index (Phi) is 13.6. The van der Waals surface area contributed by atoms with Crippen molar-refractivity contribution < 1.29 is 49.2 Å². The molecule has 8 N–H and O–H groups in total. The van der Waals surface area contributed by atoms with Gasteiger partial charge in [0.05, 0.1) is 17.8 Å². The summed E-state index contributed by atoms with van der Waals surface area (Å²) in [5, 5.41) is 47.9. The number of H-pyrrole nitrogens is 1. The molecule has 0 fully saturated rings. The van der Waals surface area contributed by atoms with Crippen molar-refractivity contribution in [3.63, 3.8) is 0 Å². The molecule has 1 heterocycles. The van der Waals surface area contributed by atoms with E-state index in [4.69, 9.17) is 0 Å². The van der Waals surface area contributed by atoms with E-state index in [0.29, 0.717) is 28.1 Å². The Balaban J connectivity index is 1.06. The number of carbonyl (C=O) groups is 6. The first-order chi connectivity index (χ1) is 30.1. The van der Waals surface area contributed by atoms with E-state index < -0.39 is 41.1 Å². The van der Waals surface area contributed by atoms with Gasteiger partial charge in [-0.2, -0.15) is 0 Å². The van der Waals surface area contributed by atoms with Crippen LogP contribution in [0.1, 0.15) is 82.7 Å². The van der Waals surface area contributed by atoms with E-state index in [1.807, 2.05) is 0 Å². The average Bonchev–Trinajstić information content (AvgIpc) is 3.78. The minimum Gasteiger partial charge on any atom is -0.508 e. The molecule has 0 bridgehead atoms. The fourth-order valence-electron chi connectivity index (χ4n) is 6.66. The van der Waals surface area contributed by atoms with Crippen LogP contribution in [0.3, 0.4) is 0 Å². The van der Waals surface area contributed by atoms with E-state index in [1.165, 1.54) is 62.6 Å². The molecule has 6 rings (SSSR count). The smallest absolute Gasteiger partial charge is 0.339 e. The van der Waals surface area contributed by atoms with Gasteiger partial charge < -0.3 is 41.4 Å². The molecule has 0 aliphatic carbocycles. The summed E-state index contributed by atoms with van der Waals surface area (Å²) < 4.78 is 0. The predicted octanol–water partition coefficient (Wildman–Crippen LogP) is 7.63. The number of phenols is 3. The first-order valence-electron chi connectivity index (χ1n) is 19.6. The minimum atomic E-state index is -1.33. The van der Waals surface area contributed by atoms with Crippen LogP contribution in [0, 0.1) is 19.8 Å². The maximum atomic E-state index is 13.7. The number of aromatic hydroxyl groups is 3. The van der Waals surface area contributed by atoms with Crippen molar-refractivity contribution in [2.45, 2.75) is 40.0 Å². The number of aromatic nitrogens is 2. The zero-order valence-corrected chi connectivity index (χ0v) is 34.4. The molecule has 5 aromatic carbocycles. The number of ketones is 2. The lowest BCUT2D eigenvalue weighted by molar-refractivity contribution is -0.120. The zero-order chi connectivity index (χ0) is 45.4. The number of hydrogen-bond donors (Lipinski definition) is 8. The number of allylic oxidation sites excluding steroid dienone is 1. The Hall–Kier alpha value is -8.33. The summed E-state index contributed by atoms with van der Waals surface area (Å²) in [4.78, 5) is 84.6. The molecule has 0 saturated carbocycles.